The van der Waals surface area contributed by atoms with Gasteiger partial charge in [0.15, 0.2) is 0 Å². The molecule has 0 unspecified atom stereocenters. The lowest BCUT2D eigenvalue weighted by molar-refractivity contribution is -0.132. The lowest BCUT2D eigenvalue weighted by Crippen LogP contribution is -2.46. The van der Waals surface area contributed by atoms with Gasteiger partial charge in [0.1, 0.15) is 17.3 Å². The Hall–Kier alpha value is -3.06. The van der Waals surface area contributed by atoms with Crippen molar-refractivity contribution in [2.45, 2.75) is 31.3 Å². The molecule has 1 amide bonds. The van der Waals surface area contributed by atoms with Crippen LogP contribution in [0.25, 0.3) is 0 Å². The molecule has 7 heteroatoms. The number of piperidine rings is 1. The van der Waals surface area contributed by atoms with E-state index in [0.717, 1.165) is 29.7 Å². The molecule has 152 valence electrons. The second-order valence-corrected chi connectivity index (χ2v) is 7.87. The Kier molecular flexibility index (Phi) is 4.92. The Balaban J connectivity index is 1.45. The third-order valence-corrected chi connectivity index (χ3v) is 6.11. The summed E-state index contributed by atoms with van der Waals surface area (Å²) in [7, 11) is 0. The van der Waals surface area contributed by atoms with Crippen molar-refractivity contribution in [1.82, 2.24) is 4.90 Å². The van der Waals surface area contributed by atoms with Crippen LogP contribution in [0.1, 0.15) is 35.1 Å². The molecule has 7 nitrogen and oxygen atoms in total. The van der Waals surface area contributed by atoms with Gasteiger partial charge in [-0.05, 0) is 48.7 Å². The molecule has 1 fully saturated rings. The second kappa shape index (κ2) is 7.40. The minimum atomic E-state index is -0.262. The van der Waals surface area contributed by atoms with Crippen molar-refractivity contribution < 1.29 is 19.7 Å². The molecule has 1 spiro atoms. The fraction of sp³-hybridized carbons (Fsp3) is 0.364. The standard InChI is InChI=1S/C22H25N3O4/c23-21(24)15-2-4-19-17(11-15)22(13-29-19)5-7-25(8-6-22)20(28)10-14-1-3-18(27)16(9-14)12-26/h1-4,9,11,26-27H,5-8,10,12-13H2,(H3,23,24). The van der Waals surface area contributed by atoms with Gasteiger partial charge in [-0.25, -0.2) is 0 Å². The summed E-state index contributed by atoms with van der Waals surface area (Å²) in [5.74, 6) is 0.952. The highest BCUT2D eigenvalue weighted by atomic mass is 16.5. The minimum Gasteiger partial charge on any atom is -0.508 e. The number of likely N-dealkylation sites (tertiary alicyclic amines) is 1. The van der Waals surface area contributed by atoms with Gasteiger partial charge < -0.3 is 25.6 Å². The van der Waals surface area contributed by atoms with Gasteiger partial charge in [-0.1, -0.05) is 6.07 Å². The number of aliphatic hydroxyl groups excluding tert-OH is 1. The number of nitrogen functional groups attached to an aromatic ring is 1. The van der Waals surface area contributed by atoms with Crippen LogP contribution in [0.3, 0.4) is 0 Å². The molecule has 2 aromatic carbocycles. The maximum Gasteiger partial charge on any atom is 0.226 e. The molecule has 2 heterocycles. The Labute approximate surface area is 169 Å². The van der Waals surface area contributed by atoms with Crippen molar-refractivity contribution in [3.63, 3.8) is 0 Å². The van der Waals surface area contributed by atoms with Crippen LogP contribution >= 0.6 is 0 Å². The van der Waals surface area contributed by atoms with Crippen molar-refractivity contribution in [2.24, 2.45) is 5.73 Å². The Bertz CT molecular complexity index is 965. The first-order valence-electron chi connectivity index (χ1n) is 9.73. The van der Waals surface area contributed by atoms with E-state index in [1.165, 1.54) is 6.07 Å². The van der Waals surface area contributed by atoms with E-state index < -0.39 is 0 Å². The number of hydrogen-bond donors (Lipinski definition) is 4. The quantitative estimate of drug-likeness (QED) is 0.464. The summed E-state index contributed by atoms with van der Waals surface area (Å²) in [5.41, 5.74) is 8.49. The summed E-state index contributed by atoms with van der Waals surface area (Å²) in [6.07, 6.45) is 1.83. The molecule has 5 N–H and O–H groups in total. The van der Waals surface area contributed by atoms with Crippen LogP contribution in [-0.4, -0.2) is 46.6 Å². The smallest absolute Gasteiger partial charge is 0.226 e. The van der Waals surface area contributed by atoms with Crippen LogP contribution in [0.4, 0.5) is 0 Å². The third kappa shape index (κ3) is 3.53. The average Bonchev–Trinajstić information content (AvgIpc) is 3.07. The van der Waals surface area contributed by atoms with Crippen molar-refractivity contribution in [3.05, 3.63) is 58.7 Å². The lowest BCUT2D eigenvalue weighted by atomic mass is 9.74. The molecule has 0 saturated carbocycles. The second-order valence-electron chi connectivity index (χ2n) is 7.87. The van der Waals surface area contributed by atoms with E-state index in [1.807, 2.05) is 17.0 Å². The van der Waals surface area contributed by atoms with Crippen LogP contribution in [0.15, 0.2) is 36.4 Å². The zero-order valence-corrected chi connectivity index (χ0v) is 16.1. The Morgan fingerprint density at radius 1 is 1.21 bits per heavy atom. The van der Waals surface area contributed by atoms with Crippen LogP contribution in [0, 0.1) is 5.41 Å². The summed E-state index contributed by atoms with van der Waals surface area (Å²) >= 11 is 0. The number of carbonyl (C=O) groups excluding carboxylic acids is 1. The van der Waals surface area contributed by atoms with Crippen molar-refractivity contribution in [2.75, 3.05) is 19.7 Å². The molecular weight excluding hydrogens is 370 g/mol. The number of ether oxygens (including phenoxy) is 1. The van der Waals surface area contributed by atoms with E-state index in [9.17, 15) is 15.0 Å². The number of carbonyl (C=O) groups is 1. The van der Waals surface area contributed by atoms with E-state index in [-0.39, 0.29) is 35.9 Å². The zero-order valence-electron chi connectivity index (χ0n) is 16.1. The molecule has 0 bridgehead atoms. The predicted octanol–water partition coefficient (Wildman–Crippen LogP) is 1.66. The van der Waals surface area contributed by atoms with E-state index >= 15 is 0 Å². The van der Waals surface area contributed by atoms with E-state index in [2.05, 4.69) is 0 Å². The van der Waals surface area contributed by atoms with E-state index in [4.69, 9.17) is 15.9 Å². The number of nitrogens with zero attached hydrogens (tertiary/aromatic N) is 1. The number of nitrogens with one attached hydrogen (secondary N) is 1. The fourth-order valence-corrected chi connectivity index (χ4v) is 4.29. The zero-order chi connectivity index (χ0) is 20.6. The summed E-state index contributed by atoms with van der Waals surface area (Å²) < 4.78 is 5.89. The van der Waals surface area contributed by atoms with Gasteiger partial charge >= 0.3 is 0 Å². The van der Waals surface area contributed by atoms with Crippen molar-refractivity contribution >= 4 is 11.7 Å². The molecule has 0 atom stereocenters. The molecule has 2 aliphatic heterocycles. The van der Waals surface area contributed by atoms with Gasteiger partial charge in [0.25, 0.3) is 0 Å². The van der Waals surface area contributed by atoms with Gasteiger partial charge in [0.2, 0.25) is 5.91 Å². The number of phenols is 1. The van der Waals surface area contributed by atoms with Gasteiger partial charge in [-0.3, -0.25) is 10.2 Å². The summed E-state index contributed by atoms with van der Waals surface area (Å²) in [6, 6.07) is 10.5. The van der Waals surface area contributed by atoms with Gasteiger partial charge in [0, 0.05) is 35.2 Å². The number of benzene rings is 2. The maximum absolute atomic E-state index is 12.8. The highest BCUT2D eigenvalue weighted by Crippen LogP contribution is 2.45. The number of nitrogens with two attached hydrogens (primary N) is 1. The lowest BCUT2D eigenvalue weighted by Gasteiger charge is -2.38. The van der Waals surface area contributed by atoms with E-state index in [0.29, 0.717) is 30.8 Å². The van der Waals surface area contributed by atoms with Gasteiger partial charge in [-0.15, -0.1) is 0 Å². The van der Waals surface area contributed by atoms with Crippen molar-refractivity contribution in [1.29, 1.82) is 5.41 Å². The Morgan fingerprint density at radius 3 is 2.66 bits per heavy atom. The molecule has 29 heavy (non-hydrogen) atoms. The van der Waals surface area contributed by atoms with Crippen LogP contribution in [-0.2, 0) is 23.2 Å². The number of fused-ring (bicyclic) bond motifs is 2. The fourth-order valence-electron chi connectivity index (χ4n) is 4.29. The molecular formula is C22H25N3O4. The van der Waals surface area contributed by atoms with Gasteiger partial charge in [0.05, 0.1) is 19.6 Å². The average molecular weight is 395 g/mol. The van der Waals surface area contributed by atoms with Gasteiger partial charge in [-0.2, -0.15) is 0 Å². The molecule has 0 radical (unpaired) electrons. The SMILES string of the molecule is N=C(N)c1ccc2c(c1)C1(CCN(C(=O)Cc3ccc(O)c(CO)c3)CC1)CO2. The number of hydrogen-bond acceptors (Lipinski definition) is 5. The first-order chi connectivity index (χ1) is 13.9. The van der Waals surface area contributed by atoms with Crippen LogP contribution < -0.4 is 10.5 Å². The number of amides is 1. The maximum atomic E-state index is 12.8. The molecule has 1 saturated heterocycles. The van der Waals surface area contributed by atoms with E-state index in [1.54, 1.807) is 18.2 Å². The predicted molar refractivity (Wildman–Crippen MR) is 108 cm³/mol. The molecule has 0 aromatic heterocycles. The topological polar surface area (TPSA) is 120 Å². The monoisotopic (exact) mass is 395 g/mol. The third-order valence-electron chi connectivity index (χ3n) is 6.11. The summed E-state index contributed by atoms with van der Waals surface area (Å²) in [6.45, 7) is 1.60. The number of aromatic hydroxyl groups is 1. The van der Waals surface area contributed by atoms with Crippen LogP contribution in [0.5, 0.6) is 11.5 Å². The normalized spacial score (nSPS) is 17.1. The molecule has 4 rings (SSSR count). The first kappa shape index (κ1) is 19.3. The van der Waals surface area contributed by atoms with Crippen molar-refractivity contribution in [3.8, 4) is 11.5 Å². The van der Waals surface area contributed by atoms with Crippen LogP contribution in [0.2, 0.25) is 0 Å². The molecule has 0 aliphatic carbocycles. The highest BCUT2D eigenvalue weighted by molar-refractivity contribution is 5.95. The number of aliphatic hydroxyl groups is 1. The number of rotatable bonds is 4. The summed E-state index contributed by atoms with van der Waals surface area (Å²) in [5, 5.41) is 26.7. The number of amidine groups is 1. The summed E-state index contributed by atoms with van der Waals surface area (Å²) in [4.78, 5) is 14.6. The molecule has 2 aromatic rings. The minimum absolute atomic E-state index is 0.0334. The highest BCUT2D eigenvalue weighted by Gasteiger charge is 2.43. The largest absolute Gasteiger partial charge is 0.508 e. The Morgan fingerprint density at radius 2 is 1.97 bits per heavy atom. The molecule has 2 aliphatic rings. The first-order valence-corrected chi connectivity index (χ1v) is 9.73.